The first-order valence-corrected chi connectivity index (χ1v) is 9.23. The zero-order chi connectivity index (χ0) is 18.0. The number of anilines is 1. The molecule has 0 saturated carbocycles. The highest BCUT2D eigenvalue weighted by Gasteiger charge is 2.29. The second-order valence-corrected chi connectivity index (χ2v) is 7.98. The van der Waals surface area contributed by atoms with Gasteiger partial charge in [-0.05, 0) is 60.3 Å². The van der Waals surface area contributed by atoms with Crippen molar-refractivity contribution in [1.29, 1.82) is 0 Å². The molecule has 0 bridgehead atoms. The second kappa shape index (κ2) is 6.86. The zero-order valence-electron chi connectivity index (χ0n) is 12.3. The van der Waals surface area contributed by atoms with E-state index in [4.69, 9.17) is 0 Å². The Hall–Kier alpha value is -2.00. The SMILES string of the molecule is CS(=O)(=O)c1ccc(NC(=O)c2ccc(SC(F)(F)F)cc2)cc1. The number of hydrogen-bond acceptors (Lipinski definition) is 4. The summed E-state index contributed by atoms with van der Waals surface area (Å²) >= 11 is -0.260. The van der Waals surface area contributed by atoms with Gasteiger partial charge in [0.15, 0.2) is 9.84 Å². The Labute approximate surface area is 141 Å². The van der Waals surface area contributed by atoms with Crippen LogP contribution in [0.15, 0.2) is 58.3 Å². The molecule has 1 N–H and O–H groups in total. The van der Waals surface area contributed by atoms with Crippen LogP contribution in [0, 0.1) is 0 Å². The van der Waals surface area contributed by atoms with Crippen molar-refractivity contribution in [3.8, 4) is 0 Å². The lowest BCUT2D eigenvalue weighted by Gasteiger charge is -2.08. The van der Waals surface area contributed by atoms with Gasteiger partial charge in [-0.3, -0.25) is 4.79 Å². The highest BCUT2D eigenvalue weighted by Crippen LogP contribution is 2.36. The van der Waals surface area contributed by atoms with E-state index in [2.05, 4.69) is 5.32 Å². The lowest BCUT2D eigenvalue weighted by Crippen LogP contribution is -2.12. The molecule has 9 heteroatoms. The van der Waals surface area contributed by atoms with Crippen molar-refractivity contribution >= 4 is 33.2 Å². The van der Waals surface area contributed by atoms with E-state index in [9.17, 15) is 26.4 Å². The fraction of sp³-hybridized carbons (Fsp3) is 0.133. The number of carbonyl (C=O) groups is 1. The third-order valence-electron chi connectivity index (χ3n) is 2.89. The number of benzene rings is 2. The van der Waals surface area contributed by atoms with Crippen LogP contribution >= 0.6 is 11.8 Å². The predicted molar refractivity (Wildman–Crippen MR) is 85.9 cm³/mol. The first-order chi connectivity index (χ1) is 11.0. The first-order valence-electron chi connectivity index (χ1n) is 6.52. The fourth-order valence-electron chi connectivity index (χ4n) is 1.80. The fourth-order valence-corrected chi connectivity index (χ4v) is 2.97. The molecule has 0 atom stereocenters. The Morgan fingerprint density at radius 2 is 1.54 bits per heavy atom. The summed E-state index contributed by atoms with van der Waals surface area (Å²) in [5.41, 5.74) is -3.82. The van der Waals surface area contributed by atoms with Crippen LogP contribution in [0.1, 0.15) is 10.4 Å². The lowest BCUT2D eigenvalue weighted by molar-refractivity contribution is -0.0328. The van der Waals surface area contributed by atoms with Crippen LogP contribution in [0.2, 0.25) is 0 Å². The van der Waals surface area contributed by atoms with Crippen molar-refractivity contribution in [2.24, 2.45) is 0 Å². The Morgan fingerprint density at radius 3 is 2.00 bits per heavy atom. The summed E-state index contributed by atoms with van der Waals surface area (Å²) in [4.78, 5) is 12.1. The molecule has 0 saturated heterocycles. The summed E-state index contributed by atoms with van der Waals surface area (Å²) in [6.45, 7) is 0. The molecule has 2 aromatic carbocycles. The van der Waals surface area contributed by atoms with Gasteiger partial charge in [-0.1, -0.05) is 0 Å². The van der Waals surface area contributed by atoms with E-state index >= 15 is 0 Å². The average molecular weight is 375 g/mol. The maximum atomic E-state index is 12.2. The molecule has 4 nitrogen and oxygen atoms in total. The number of carbonyl (C=O) groups excluding carboxylic acids is 1. The van der Waals surface area contributed by atoms with E-state index in [0.29, 0.717) is 5.69 Å². The molecule has 0 spiro atoms. The van der Waals surface area contributed by atoms with Crippen LogP contribution in [0.25, 0.3) is 0 Å². The van der Waals surface area contributed by atoms with Crippen LogP contribution in [0.5, 0.6) is 0 Å². The Bertz CT molecular complexity index is 830. The van der Waals surface area contributed by atoms with Gasteiger partial charge in [-0.25, -0.2) is 8.42 Å². The molecule has 0 aliphatic carbocycles. The monoisotopic (exact) mass is 375 g/mol. The number of alkyl halides is 3. The summed E-state index contributed by atoms with van der Waals surface area (Å²) < 4.78 is 59.4. The minimum absolute atomic E-state index is 0.0171. The maximum absolute atomic E-state index is 12.2. The summed E-state index contributed by atoms with van der Waals surface area (Å²) in [6, 6.07) is 10.6. The van der Waals surface area contributed by atoms with Crippen LogP contribution in [-0.2, 0) is 9.84 Å². The van der Waals surface area contributed by atoms with Gasteiger partial charge in [0.2, 0.25) is 0 Å². The quantitative estimate of drug-likeness (QED) is 0.822. The average Bonchev–Trinajstić information content (AvgIpc) is 2.46. The van der Waals surface area contributed by atoms with E-state index in [1.54, 1.807) is 0 Å². The number of thioether (sulfide) groups is 1. The van der Waals surface area contributed by atoms with Gasteiger partial charge >= 0.3 is 5.51 Å². The molecule has 1 amide bonds. The maximum Gasteiger partial charge on any atom is 0.446 e. The van der Waals surface area contributed by atoms with Gasteiger partial charge in [-0.2, -0.15) is 13.2 Å². The molecular weight excluding hydrogens is 363 g/mol. The molecule has 0 fully saturated rings. The van der Waals surface area contributed by atoms with E-state index < -0.39 is 21.3 Å². The van der Waals surface area contributed by atoms with Crippen LogP contribution in [-0.4, -0.2) is 26.1 Å². The van der Waals surface area contributed by atoms with E-state index in [-0.39, 0.29) is 27.1 Å². The molecule has 0 aliphatic rings. The highest BCUT2D eigenvalue weighted by molar-refractivity contribution is 8.00. The number of nitrogens with one attached hydrogen (secondary N) is 1. The van der Waals surface area contributed by atoms with E-state index in [0.717, 1.165) is 6.26 Å². The summed E-state index contributed by atoms with van der Waals surface area (Å²) in [5, 5.41) is 2.54. The third-order valence-corrected chi connectivity index (χ3v) is 4.76. The Morgan fingerprint density at radius 1 is 1.00 bits per heavy atom. The number of sulfone groups is 1. The smallest absolute Gasteiger partial charge is 0.322 e. The zero-order valence-corrected chi connectivity index (χ0v) is 13.9. The van der Waals surface area contributed by atoms with Crippen molar-refractivity contribution < 1.29 is 26.4 Å². The third kappa shape index (κ3) is 5.27. The molecule has 0 unspecified atom stereocenters. The molecule has 0 aromatic heterocycles. The van der Waals surface area contributed by atoms with Crippen LogP contribution in [0.4, 0.5) is 18.9 Å². The molecule has 0 radical (unpaired) electrons. The minimum atomic E-state index is -4.38. The normalized spacial score (nSPS) is 12.0. The van der Waals surface area contributed by atoms with E-state index in [1.165, 1.54) is 48.5 Å². The van der Waals surface area contributed by atoms with Crippen molar-refractivity contribution in [3.63, 3.8) is 0 Å². The summed E-state index contributed by atoms with van der Waals surface area (Å²) in [6.07, 6.45) is 1.07. The predicted octanol–water partition coefficient (Wildman–Crippen LogP) is 3.95. The van der Waals surface area contributed by atoms with Crippen molar-refractivity contribution in [3.05, 3.63) is 54.1 Å². The molecule has 2 rings (SSSR count). The van der Waals surface area contributed by atoms with Crippen molar-refractivity contribution in [2.45, 2.75) is 15.3 Å². The van der Waals surface area contributed by atoms with Gasteiger partial charge in [0.1, 0.15) is 0 Å². The number of halogens is 3. The molecular formula is C15H12F3NO3S2. The van der Waals surface area contributed by atoms with Gasteiger partial charge in [0.25, 0.3) is 5.91 Å². The molecule has 0 aliphatic heterocycles. The standard InChI is InChI=1S/C15H12F3NO3S2/c1-24(21,22)13-8-4-11(5-9-13)19-14(20)10-2-6-12(7-3-10)23-15(16,17)18/h2-9H,1H3,(H,19,20). The first kappa shape index (κ1) is 18.3. The number of hydrogen-bond donors (Lipinski definition) is 1. The molecule has 0 heterocycles. The molecule has 128 valence electrons. The van der Waals surface area contributed by atoms with Gasteiger partial charge in [-0.15, -0.1) is 0 Å². The lowest BCUT2D eigenvalue weighted by atomic mass is 10.2. The van der Waals surface area contributed by atoms with Crippen molar-refractivity contribution in [1.82, 2.24) is 0 Å². The van der Waals surface area contributed by atoms with Gasteiger partial charge < -0.3 is 5.32 Å². The second-order valence-electron chi connectivity index (χ2n) is 4.82. The van der Waals surface area contributed by atoms with E-state index in [1.807, 2.05) is 0 Å². The van der Waals surface area contributed by atoms with Crippen LogP contribution < -0.4 is 5.32 Å². The van der Waals surface area contributed by atoms with Crippen molar-refractivity contribution in [2.75, 3.05) is 11.6 Å². The molecule has 24 heavy (non-hydrogen) atoms. The van der Waals surface area contributed by atoms with Crippen LogP contribution in [0.3, 0.4) is 0 Å². The minimum Gasteiger partial charge on any atom is -0.322 e. The largest absolute Gasteiger partial charge is 0.446 e. The summed E-state index contributed by atoms with van der Waals surface area (Å²) in [7, 11) is -3.33. The van der Waals surface area contributed by atoms with Gasteiger partial charge in [0, 0.05) is 22.4 Å². The highest BCUT2D eigenvalue weighted by atomic mass is 32.2. The Balaban J connectivity index is 2.07. The Kier molecular flexibility index (Phi) is 5.24. The van der Waals surface area contributed by atoms with Gasteiger partial charge in [0.05, 0.1) is 4.90 Å². The topological polar surface area (TPSA) is 63.2 Å². The number of amides is 1. The number of rotatable bonds is 4. The summed E-state index contributed by atoms with van der Waals surface area (Å²) in [5.74, 6) is -0.509. The molecule has 2 aromatic rings.